The van der Waals surface area contributed by atoms with E-state index in [0.717, 1.165) is 25.0 Å². The Labute approximate surface area is 127 Å². The van der Waals surface area contributed by atoms with Crippen molar-refractivity contribution in [1.82, 2.24) is 19.3 Å². The van der Waals surface area contributed by atoms with Gasteiger partial charge in [-0.1, -0.05) is 0 Å². The third-order valence-corrected chi connectivity index (χ3v) is 4.36. The lowest BCUT2D eigenvalue weighted by Crippen LogP contribution is -2.27. The summed E-state index contributed by atoms with van der Waals surface area (Å²) in [5.41, 5.74) is 2.94. The van der Waals surface area contributed by atoms with Gasteiger partial charge < -0.3 is 13.9 Å². The molecule has 0 bridgehead atoms. The number of pyridine rings is 1. The van der Waals surface area contributed by atoms with Crippen molar-refractivity contribution in [3.8, 4) is 11.4 Å². The molecule has 2 heterocycles. The van der Waals surface area contributed by atoms with Crippen molar-refractivity contribution >= 4 is 12.2 Å². The third-order valence-electron chi connectivity index (χ3n) is 3.99. The van der Waals surface area contributed by atoms with E-state index in [1.165, 1.54) is 5.56 Å². The second kappa shape index (κ2) is 5.57. The van der Waals surface area contributed by atoms with Crippen molar-refractivity contribution in [3.63, 3.8) is 0 Å². The smallest absolute Gasteiger partial charge is 0.261 e. The van der Waals surface area contributed by atoms with Gasteiger partial charge in [0.05, 0.1) is 12.2 Å². The maximum absolute atomic E-state index is 12.8. The van der Waals surface area contributed by atoms with Gasteiger partial charge in [0.1, 0.15) is 0 Å². The first-order valence-corrected chi connectivity index (χ1v) is 7.40. The molecule has 7 heteroatoms. The number of methoxy groups -OCH3 is 1. The monoisotopic (exact) mass is 306 g/mol. The molecule has 0 amide bonds. The summed E-state index contributed by atoms with van der Waals surface area (Å²) in [6.07, 6.45) is 3.04. The van der Waals surface area contributed by atoms with Gasteiger partial charge in [-0.2, -0.15) is 5.10 Å². The van der Waals surface area contributed by atoms with Crippen LogP contribution in [0.3, 0.4) is 0 Å². The number of hydrogen-bond donors (Lipinski definition) is 1. The van der Waals surface area contributed by atoms with E-state index in [2.05, 4.69) is 10.2 Å². The van der Waals surface area contributed by atoms with Crippen molar-refractivity contribution in [2.24, 2.45) is 7.05 Å². The van der Waals surface area contributed by atoms with E-state index in [1.807, 2.05) is 17.7 Å². The summed E-state index contributed by atoms with van der Waals surface area (Å²) in [4.78, 5) is 12.8. The third kappa shape index (κ3) is 2.36. The first kappa shape index (κ1) is 14.2. The van der Waals surface area contributed by atoms with E-state index in [-0.39, 0.29) is 5.56 Å². The molecular weight excluding hydrogens is 288 g/mol. The van der Waals surface area contributed by atoms with E-state index in [1.54, 1.807) is 11.7 Å². The SMILES string of the molecule is COCCn1c2c(cc(-c3n[nH]c(=S)n3C)c1=O)CCC2. The van der Waals surface area contributed by atoms with Gasteiger partial charge in [0, 0.05) is 26.4 Å². The van der Waals surface area contributed by atoms with Gasteiger partial charge in [-0.15, -0.1) is 0 Å². The summed E-state index contributed by atoms with van der Waals surface area (Å²) in [5.74, 6) is 0.589. The molecule has 0 radical (unpaired) electrons. The van der Waals surface area contributed by atoms with Crippen LogP contribution in [-0.2, 0) is 31.2 Å². The predicted molar refractivity (Wildman–Crippen MR) is 82.0 cm³/mol. The number of H-pyrrole nitrogens is 1. The maximum atomic E-state index is 12.8. The number of rotatable bonds is 4. The van der Waals surface area contributed by atoms with Crippen LogP contribution in [-0.4, -0.2) is 33.0 Å². The average molecular weight is 306 g/mol. The molecule has 1 aliphatic carbocycles. The van der Waals surface area contributed by atoms with Crippen molar-refractivity contribution < 1.29 is 4.74 Å². The maximum Gasteiger partial charge on any atom is 0.261 e. The van der Waals surface area contributed by atoms with Crippen molar-refractivity contribution in [3.05, 3.63) is 32.4 Å². The number of nitrogens with one attached hydrogen (secondary N) is 1. The second-order valence-corrected chi connectivity index (χ2v) is 5.63. The van der Waals surface area contributed by atoms with Gasteiger partial charge in [-0.3, -0.25) is 9.89 Å². The van der Waals surface area contributed by atoms with Gasteiger partial charge in [-0.25, -0.2) is 0 Å². The fourth-order valence-electron chi connectivity index (χ4n) is 2.89. The Morgan fingerprint density at radius 2 is 2.29 bits per heavy atom. The summed E-state index contributed by atoms with van der Waals surface area (Å²) in [5, 5.41) is 6.93. The predicted octanol–water partition coefficient (Wildman–Crippen LogP) is 1.44. The highest BCUT2D eigenvalue weighted by Gasteiger charge is 2.21. The molecule has 2 aromatic rings. The topological polar surface area (TPSA) is 64.8 Å². The molecular formula is C14H18N4O2S. The number of ether oxygens (including phenoxy) is 1. The Morgan fingerprint density at radius 3 is 2.95 bits per heavy atom. The lowest BCUT2D eigenvalue weighted by Gasteiger charge is -2.14. The fourth-order valence-corrected chi connectivity index (χ4v) is 3.02. The lowest BCUT2D eigenvalue weighted by molar-refractivity contribution is 0.185. The first-order valence-electron chi connectivity index (χ1n) is 6.99. The van der Waals surface area contributed by atoms with Crippen LogP contribution in [0.4, 0.5) is 0 Å². The molecule has 0 aliphatic heterocycles. The molecule has 2 aromatic heterocycles. The molecule has 0 unspecified atom stereocenters. The van der Waals surface area contributed by atoms with Crippen LogP contribution in [0.1, 0.15) is 17.7 Å². The molecule has 3 rings (SSSR count). The van der Waals surface area contributed by atoms with Crippen LogP contribution in [0.25, 0.3) is 11.4 Å². The molecule has 0 saturated carbocycles. The van der Waals surface area contributed by atoms with Crippen LogP contribution in [0.2, 0.25) is 0 Å². The Morgan fingerprint density at radius 1 is 1.48 bits per heavy atom. The highest BCUT2D eigenvalue weighted by Crippen LogP contribution is 2.24. The summed E-state index contributed by atoms with van der Waals surface area (Å²) in [7, 11) is 3.46. The largest absolute Gasteiger partial charge is 0.383 e. The minimum Gasteiger partial charge on any atom is -0.383 e. The number of fused-ring (bicyclic) bond motifs is 1. The van der Waals surface area contributed by atoms with Gasteiger partial charge in [0.2, 0.25) is 0 Å². The lowest BCUT2D eigenvalue weighted by atomic mass is 10.1. The van der Waals surface area contributed by atoms with E-state index in [9.17, 15) is 4.79 Å². The highest BCUT2D eigenvalue weighted by atomic mass is 32.1. The standard InChI is InChI=1S/C14H18N4O2S/c1-17-12(15-16-14(17)21)10-8-9-4-3-5-11(9)18(13(10)19)6-7-20-2/h8H,3-7H2,1-2H3,(H,16,21). The summed E-state index contributed by atoms with van der Waals surface area (Å²) in [6.45, 7) is 1.09. The zero-order valence-electron chi connectivity index (χ0n) is 12.2. The van der Waals surface area contributed by atoms with E-state index in [4.69, 9.17) is 17.0 Å². The van der Waals surface area contributed by atoms with Crippen LogP contribution in [0.5, 0.6) is 0 Å². The van der Waals surface area contributed by atoms with E-state index < -0.39 is 0 Å². The molecule has 0 fully saturated rings. The number of nitrogens with zero attached hydrogens (tertiary/aromatic N) is 3. The molecule has 0 aromatic carbocycles. The van der Waals surface area contributed by atoms with Crippen LogP contribution < -0.4 is 5.56 Å². The molecule has 6 nitrogen and oxygen atoms in total. The normalized spacial score (nSPS) is 13.6. The minimum atomic E-state index is -0.0233. The summed E-state index contributed by atoms with van der Waals surface area (Å²) in [6, 6.07) is 1.97. The Kier molecular flexibility index (Phi) is 3.77. The van der Waals surface area contributed by atoms with Crippen LogP contribution >= 0.6 is 12.2 Å². The van der Waals surface area contributed by atoms with Crippen molar-refractivity contribution in [2.45, 2.75) is 25.8 Å². The quantitative estimate of drug-likeness (QED) is 0.868. The van der Waals surface area contributed by atoms with E-state index >= 15 is 0 Å². The zero-order chi connectivity index (χ0) is 15.0. The Hall–Kier alpha value is -1.73. The second-order valence-electron chi connectivity index (χ2n) is 5.24. The molecule has 0 atom stereocenters. The van der Waals surface area contributed by atoms with Gasteiger partial charge in [-0.05, 0) is 43.1 Å². The Bertz CT molecular complexity index is 787. The molecule has 0 saturated heterocycles. The Balaban J connectivity index is 2.20. The van der Waals surface area contributed by atoms with Gasteiger partial charge >= 0.3 is 0 Å². The van der Waals surface area contributed by atoms with E-state index in [0.29, 0.717) is 29.3 Å². The average Bonchev–Trinajstić information content (AvgIpc) is 3.06. The van der Waals surface area contributed by atoms with Crippen LogP contribution in [0.15, 0.2) is 10.9 Å². The highest BCUT2D eigenvalue weighted by molar-refractivity contribution is 7.71. The summed E-state index contributed by atoms with van der Waals surface area (Å²) >= 11 is 5.14. The van der Waals surface area contributed by atoms with Crippen molar-refractivity contribution in [2.75, 3.05) is 13.7 Å². The zero-order valence-corrected chi connectivity index (χ0v) is 13.0. The first-order chi connectivity index (χ1) is 10.1. The molecule has 112 valence electrons. The molecule has 21 heavy (non-hydrogen) atoms. The van der Waals surface area contributed by atoms with Gasteiger partial charge in [0.25, 0.3) is 5.56 Å². The summed E-state index contributed by atoms with van der Waals surface area (Å²) < 4.78 is 9.20. The number of hydrogen-bond acceptors (Lipinski definition) is 4. The number of aromatic nitrogens is 4. The minimum absolute atomic E-state index is 0.0233. The molecule has 0 spiro atoms. The molecule has 1 aliphatic rings. The molecule has 1 N–H and O–H groups in total. The fraction of sp³-hybridized carbons (Fsp3) is 0.500. The number of aromatic amines is 1. The van der Waals surface area contributed by atoms with Crippen LogP contribution in [0, 0.1) is 4.77 Å². The van der Waals surface area contributed by atoms with Gasteiger partial charge in [0.15, 0.2) is 10.6 Å². The van der Waals surface area contributed by atoms with Crippen molar-refractivity contribution in [1.29, 1.82) is 0 Å². The number of aryl methyl sites for hydroxylation is 1.